The van der Waals surface area contributed by atoms with Crippen LogP contribution in [0, 0.1) is 11.8 Å². The molecule has 4 rings (SSSR count). The molecular formula is C30H29NO6. The van der Waals surface area contributed by atoms with Crippen molar-refractivity contribution >= 4 is 17.6 Å². The van der Waals surface area contributed by atoms with Gasteiger partial charge in [0.1, 0.15) is 18.1 Å². The lowest BCUT2D eigenvalue weighted by molar-refractivity contribution is -0.130. The summed E-state index contributed by atoms with van der Waals surface area (Å²) >= 11 is 0. The van der Waals surface area contributed by atoms with Crippen LogP contribution in [0.4, 0.5) is 5.69 Å². The molecule has 1 aliphatic rings. The molecule has 0 aromatic heterocycles. The average Bonchev–Trinajstić information content (AvgIpc) is 3.27. The number of cyclic esters (lactones) is 1. The number of amides is 1. The molecule has 1 unspecified atom stereocenters. The molecule has 3 aromatic rings. The number of anilines is 1. The van der Waals surface area contributed by atoms with Crippen molar-refractivity contribution in [1.29, 1.82) is 0 Å². The standard InChI is InChI=1S/C30H29NO6/c1-29(2,25-7-5-6-8-26(25)36-4)19-30(34,16-15-20-9-12-23(35-3)13-10-20)28(33)31-22-11-14-24-21(17-22)18-37-27(24)32/h5-14,17,34H,18-19H2,1-4H3,(H,31,33). The van der Waals surface area contributed by atoms with Crippen LogP contribution in [0.25, 0.3) is 0 Å². The van der Waals surface area contributed by atoms with E-state index in [9.17, 15) is 14.7 Å². The normalized spacial score (nSPS) is 13.9. The second kappa shape index (κ2) is 10.4. The molecule has 0 bridgehead atoms. The summed E-state index contributed by atoms with van der Waals surface area (Å²) in [5, 5.41) is 14.5. The molecule has 3 aromatic carbocycles. The number of aliphatic hydroxyl groups is 1. The minimum absolute atomic E-state index is 0.0120. The zero-order chi connectivity index (χ0) is 26.6. The number of ether oxygens (including phenoxy) is 3. The molecular weight excluding hydrogens is 470 g/mol. The van der Waals surface area contributed by atoms with Crippen molar-refractivity contribution in [3.8, 4) is 23.3 Å². The van der Waals surface area contributed by atoms with Crippen molar-refractivity contribution in [1.82, 2.24) is 0 Å². The minimum Gasteiger partial charge on any atom is -0.497 e. The zero-order valence-electron chi connectivity index (χ0n) is 21.3. The van der Waals surface area contributed by atoms with Crippen LogP contribution >= 0.6 is 0 Å². The van der Waals surface area contributed by atoms with Crippen molar-refractivity contribution in [3.63, 3.8) is 0 Å². The molecule has 1 amide bonds. The molecule has 7 nitrogen and oxygen atoms in total. The summed E-state index contributed by atoms with van der Waals surface area (Å²) in [6.07, 6.45) is -0.0120. The fourth-order valence-electron chi connectivity index (χ4n) is 4.42. The van der Waals surface area contributed by atoms with E-state index in [4.69, 9.17) is 14.2 Å². The SMILES string of the molecule is COc1ccc(C#CC(O)(CC(C)(C)c2ccccc2OC)C(=O)Nc2ccc3c(c2)COC3=O)cc1. The number of hydrogen-bond acceptors (Lipinski definition) is 6. The van der Waals surface area contributed by atoms with Crippen LogP contribution in [0.15, 0.2) is 66.7 Å². The van der Waals surface area contributed by atoms with E-state index in [0.717, 1.165) is 5.56 Å². The highest BCUT2D eigenvalue weighted by Crippen LogP contribution is 2.38. The summed E-state index contributed by atoms with van der Waals surface area (Å²) in [6, 6.07) is 19.4. The summed E-state index contributed by atoms with van der Waals surface area (Å²) in [4.78, 5) is 25.3. The van der Waals surface area contributed by atoms with Crippen molar-refractivity contribution < 1.29 is 28.9 Å². The topological polar surface area (TPSA) is 94.1 Å². The summed E-state index contributed by atoms with van der Waals surface area (Å²) < 4.78 is 15.8. The van der Waals surface area contributed by atoms with E-state index in [0.29, 0.717) is 33.9 Å². The van der Waals surface area contributed by atoms with E-state index in [1.165, 1.54) is 0 Å². The molecule has 0 aliphatic carbocycles. The Labute approximate surface area is 216 Å². The number of methoxy groups -OCH3 is 2. The predicted molar refractivity (Wildman–Crippen MR) is 140 cm³/mol. The smallest absolute Gasteiger partial charge is 0.338 e. The Balaban J connectivity index is 1.68. The van der Waals surface area contributed by atoms with Crippen molar-refractivity contribution in [2.24, 2.45) is 0 Å². The Bertz CT molecular complexity index is 1380. The molecule has 1 aliphatic heterocycles. The van der Waals surface area contributed by atoms with Gasteiger partial charge >= 0.3 is 5.97 Å². The Morgan fingerprint density at radius 3 is 2.49 bits per heavy atom. The monoisotopic (exact) mass is 499 g/mol. The number of nitrogens with one attached hydrogen (secondary N) is 1. The van der Waals surface area contributed by atoms with Gasteiger partial charge in [-0.1, -0.05) is 43.9 Å². The first-order valence-corrected chi connectivity index (χ1v) is 11.8. The van der Waals surface area contributed by atoms with Crippen molar-refractivity contribution in [3.05, 3.63) is 89.0 Å². The Morgan fingerprint density at radius 1 is 1.05 bits per heavy atom. The maximum Gasteiger partial charge on any atom is 0.338 e. The van der Waals surface area contributed by atoms with Crippen LogP contribution < -0.4 is 14.8 Å². The summed E-state index contributed by atoms with van der Waals surface area (Å²) in [7, 11) is 3.16. The van der Waals surface area contributed by atoms with Gasteiger partial charge in [-0.25, -0.2) is 4.79 Å². The molecule has 1 atom stereocenters. The number of carbonyl (C=O) groups is 2. The van der Waals surface area contributed by atoms with Crippen LogP contribution in [0.3, 0.4) is 0 Å². The molecule has 0 saturated carbocycles. The third-order valence-electron chi connectivity index (χ3n) is 6.35. The van der Waals surface area contributed by atoms with Crippen LogP contribution in [0.2, 0.25) is 0 Å². The van der Waals surface area contributed by atoms with E-state index in [-0.39, 0.29) is 13.0 Å². The lowest BCUT2D eigenvalue weighted by Crippen LogP contribution is -2.46. The summed E-state index contributed by atoms with van der Waals surface area (Å²) in [6.45, 7) is 3.99. The van der Waals surface area contributed by atoms with Gasteiger partial charge in [0.25, 0.3) is 5.91 Å². The fraction of sp³-hybridized carbons (Fsp3) is 0.267. The second-order valence-electron chi connectivity index (χ2n) is 9.50. The van der Waals surface area contributed by atoms with Gasteiger partial charge in [0, 0.05) is 23.2 Å². The number of fused-ring (bicyclic) bond motifs is 1. The largest absolute Gasteiger partial charge is 0.497 e. The quantitative estimate of drug-likeness (QED) is 0.368. The zero-order valence-corrected chi connectivity index (χ0v) is 21.3. The van der Waals surface area contributed by atoms with Crippen molar-refractivity contribution in [2.75, 3.05) is 19.5 Å². The van der Waals surface area contributed by atoms with Gasteiger partial charge in [-0.05, 0) is 59.5 Å². The predicted octanol–water partition coefficient (Wildman–Crippen LogP) is 4.46. The van der Waals surface area contributed by atoms with Crippen LogP contribution in [-0.2, 0) is 21.6 Å². The summed E-state index contributed by atoms with van der Waals surface area (Å²) in [5.41, 5.74) is 0.274. The lowest BCUT2D eigenvalue weighted by atomic mass is 9.74. The maximum absolute atomic E-state index is 13.6. The van der Waals surface area contributed by atoms with Gasteiger partial charge in [0.2, 0.25) is 5.60 Å². The molecule has 2 N–H and O–H groups in total. The first-order valence-electron chi connectivity index (χ1n) is 11.8. The van der Waals surface area contributed by atoms with E-state index in [1.807, 2.05) is 38.1 Å². The number of hydrogen-bond donors (Lipinski definition) is 2. The third-order valence-corrected chi connectivity index (χ3v) is 6.35. The first-order chi connectivity index (χ1) is 17.6. The van der Waals surface area contributed by atoms with Gasteiger partial charge in [-0.15, -0.1) is 0 Å². The molecule has 0 fully saturated rings. The van der Waals surface area contributed by atoms with E-state index in [2.05, 4.69) is 17.2 Å². The van der Waals surface area contributed by atoms with Gasteiger partial charge in [-0.3, -0.25) is 4.79 Å². The molecule has 0 saturated heterocycles. The maximum atomic E-state index is 13.6. The van der Waals surface area contributed by atoms with E-state index < -0.39 is 22.9 Å². The van der Waals surface area contributed by atoms with Gasteiger partial charge in [-0.2, -0.15) is 0 Å². The number of para-hydroxylation sites is 1. The Kier molecular flexibility index (Phi) is 7.23. The summed E-state index contributed by atoms with van der Waals surface area (Å²) in [5.74, 6) is 6.02. The van der Waals surface area contributed by atoms with E-state index >= 15 is 0 Å². The molecule has 0 spiro atoms. The van der Waals surface area contributed by atoms with Crippen LogP contribution in [0.5, 0.6) is 11.5 Å². The number of rotatable bonds is 7. The highest BCUT2D eigenvalue weighted by molar-refractivity contribution is 6.01. The average molecular weight is 500 g/mol. The second-order valence-corrected chi connectivity index (χ2v) is 9.50. The van der Waals surface area contributed by atoms with Crippen LogP contribution in [0.1, 0.15) is 47.3 Å². The number of carbonyl (C=O) groups excluding carboxylic acids is 2. The molecule has 190 valence electrons. The Hall–Kier alpha value is -4.28. The molecule has 7 heteroatoms. The fourth-order valence-corrected chi connectivity index (χ4v) is 4.42. The number of esters is 1. The Morgan fingerprint density at radius 2 is 1.78 bits per heavy atom. The van der Waals surface area contributed by atoms with Gasteiger partial charge in [0.15, 0.2) is 0 Å². The van der Waals surface area contributed by atoms with E-state index in [1.54, 1.807) is 56.7 Å². The minimum atomic E-state index is -2.06. The third kappa shape index (κ3) is 5.60. The van der Waals surface area contributed by atoms with Crippen molar-refractivity contribution in [2.45, 2.75) is 37.9 Å². The number of benzene rings is 3. The molecule has 0 radical (unpaired) electrons. The molecule has 37 heavy (non-hydrogen) atoms. The van der Waals surface area contributed by atoms with Gasteiger partial charge in [0.05, 0.1) is 19.8 Å². The van der Waals surface area contributed by atoms with Gasteiger partial charge < -0.3 is 24.6 Å². The lowest BCUT2D eigenvalue weighted by Gasteiger charge is -2.33. The van der Waals surface area contributed by atoms with Crippen LogP contribution in [-0.4, -0.2) is 36.8 Å². The molecule has 1 heterocycles. The first kappa shape index (κ1) is 25.8. The highest BCUT2D eigenvalue weighted by Gasteiger charge is 2.42. The highest BCUT2D eigenvalue weighted by atomic mass is 16.5.